The van der Waals surface area contributed by atoms with Crippen LogP contribution >= 0.6 is 11.6 Å². The molecule has 1 N–H and O–H groups in total. The van der Waals surface area contributed by atoms with E-state index in [0.29, 0.717) is 83.5 Å². The van der Waals surface area contributed by atoms with Gasteiger partial charge in [-0.15, -0.1) is 0 Å². The third-order valence-electron chi connectivity index (χ3n) is 9.03. The monoisotopic (exact) mass is 544 g/mol. The minimum absolute atomic E-state index is 0.0431. The maximum Gasteiger partial charge on any atom is 0.254 e. The van der Waals surface area contributed by atoms with Crippen LogP contribution in [0.3, 0.4) is 0 Å². The first-order valence-electron chi connectivity index (χ1n) is 15.9. The summed E-state index contributed by atoms with van der Waals surface area (Å²) in [5.74, 6) is -0.947. The summed E-state index contributed by atoms with van der Waals surface area (Å²) < 4.78 is 54.7. The lowest BCUT2D eigenvalue weighted by Crippen LogP contribution is -2.46. The fourth-order valence-corrected chi connectivity index (χ4v) is 7.04. The number of carbonyl (C=O) groups excluding carboxylic acids is 1. The molecule has 2 aromatic rings. The lowest BCUT2D eigenvalue weighted by molar-refractivity contribution is -0.123. The summed E-state index contributed by atoms with van der Waals surface area (Å²) in [4.78, 5) is 32.5. The van der Waals surface area contributed by atoms with Gasteiger partial charge in [0.05, 0.1) is 19.9 Å². The third-order valence-corrected chi connectivity index (χ3v) is 9.39. The molecule has 3 heterocycles. The van der Waals surface area contributed by atoms with Gasteiger partial charge in [-0.3, -0.25) is 9.59 Å². The minimum atomic E-state index is -2.16. The highest BCUT2D eigenvalue weighted by molar-refractivity contribution is 6.34. The summed E-state index contributed by atoms with van der Waals surface area (Å²) >= 11 is 7.05. The summed E-state index contributed by atoms with van der Waals surface area (Å²) in [5.41, 5.74) is 1.68. The van der Waals surface area contributed by atoms with Gasteiger partial charge in [0.1, 0.15) is 0 Å². The number of hydrogen-bond donors (Lipinski definition) is 1. The molecule has 1 aromatic carbocycles. The maximum absolute atomic E-state index is 14.2. The van der Waals surface area contributed by atoms with Crippen molar-refractivity contribution >= 4 is 17.5 Å². The van der Waals surface area contributed by atoms with Gasteiger partial charge >= 0.3 is 0 Å². The lowest BCUT2D eigenvalue weighted by Gasteiger charge is -2.39. The lowest BCUT2D eigenvalue weighted by atomic mass is 9.81. The van der Waals surface area contributed by atoms with Crippen LogP contribution in [0.4, 0.5) is 0 Å². The smallest absolute Gasteiger partial charge is 0.254 e. The second-order valence-electron chi connectivity index (χ2n) is 11.7. The van der Waals surface area contributed by atoms with Crippen molar-refractivity contribution in [3.63, 3.8) is 0 Å². The van der Waals surface area contributed by atoms with Crippen molar-refractivity contribution in [3.05, 3.63) is 55.0 Å². The third kappa shape index (κ3) is 3.88. The number of benzene rings is 1. The van der Waals surface area contributed by atoms with E-state index >= 15 is 0 Å². The van der Waals surface area contributed by atoms with Crippen molar-refractivity contribution in [3.8, 4) is 11.5 Å². The van der Waals surface area contributed by atoms with Crippen molar-refractivity contribution in [2.45, 2.75) is 90.0 Å². The molecule has 2 aliphatic carbocycles. The Balaban J connectivity index is 1.35. The van der Waals surface area contributed by atoms with Crippen LogP contribution in [-0.2, 0) is 12.0 Å². The number of aryl methyl sites for hydroxylation is 2. The SMILES string of the molecule is [2H]C([2H])([2H])N(C)C1CCC([C@]2(C)Oc3c(C)c4c(c(Cl)c3O2)C2(CC2)C([2H])([2H])N(Cc2c(C)cc(C)[nH]c2=O)C4=O)CC1. The molecule has 1 spiro atoms. The molecule has 0 unspecified atom stereocenters. The Hall–Kier alpha value is -2.51. The standard InChI is InChI=1S/C30H38ClN3O4/c1-16-13-17(2)32-27(35)21(16)14-34-15-30(11-12-30)23-22(28(34)36)18(3)25-26(24(23)31)38-29(4,37-25)19-7-9-20(10-8-19)33(5)6/h13,19-20H,7-12,14-15H2,1-6H3,(H,32,35)/t19?,20?,29-/m1/s1/i5D3,15D2. The molecule has 8 heteroatoms. The zero-order valence-electron chi connectivity index (χ0n) is 27.6. The molecule has 1 aromatic heterocycles. The normalized spacial score (nSPS) is 30.9. The van der Waals surface area contributed by atoms with Crippen molar-refractivity contribution in [2.24, 2.45) is 5.92 Å². The Morgan fingerprint density at radius 1 is 1.18 bits per heavy atom. The summed E-state index contributed by atoms with van der Waals surface area (Å²) in [5, 5.41) is 0.203. The topological polar surface area (TPSA) is 74.9 Å². The Morgan fingerprint density at radius 2 is 1.87 bits per heavy atom. The molecule has 4 aliphatic rings. The largest absolute Gasteiger partial charge is 0.448 e. The Bertz CT molecular complexity index is 1580. The van der Waals surface area contributed by atoms with Crippen LogP contribution < -0.4 is 15.0 Å². The summed E-state index contributed by atoms with van der Waals surface area (Å²) in [6.07, 6.45) is 3.73. The van der Waals surface area contributed by atoms with Gasteiger partial charge in [-0.25, -0.2) is 0 Å². The molecule has 2 saturated carbocycles. The molecule has 1 amide bonds. The summed E-state index contributed by atoms with van der Waals surface area (Å²) in [7, 11) is 1.63. The van der Waals surface area contributed by atoms with Crippen LogP contribution in [0.5, 0.6) is 11.5 Å². The van der Waals surface area contributed by atoms with Gasteiger partial charge in [0.15, 0.2) is 11.5 Å². The van der Waals surface area contributed by atoms with E-state index in [9.17, 15) is 12.3 Å². The number of aromatic nitrogens is 1. The van der Waals surface area contributed by atoms with E-state index in [-0.39, 0.29) is 29.1 Å². The molecular weight excluding hydrogens is 502 g/mol. The van der Waals surface area contributed by atoms with Crippen LogP contribution in [0.1, 0.15) is 90.6 Å². The number of pyridine rings is 1. The second kappa shape index (κ2) is 8.75. The molecule has 38 heavy (non-hydrogen) atoms. The van der Waals surface area contributed by atoms with Crippen molar-refractivity contribution in [2.75, 3.05) is 20.5 Å². The van der Waals surface area contributed by atoms with Gasteiger partial charge in [-0.1, -0.05) is 11.6 Å². The number of nitrogens with one attached hydrogen (secondary N) is 1. The number of fused-ring (bicyclic) bond motifs is 3. The van der Waals surface area contributed by atoms with Gasteiger partial charge < -0.3 is 24.3 Å². The van der Waals surface area contributed by atoms with E-state index in [4.69, 9.17) is 25.2 Å². The maximum atomic E-state index is 14.2. The van der Waals surface area contributed by atoms with E-state index < -0.39 is 30.6 Å². The summed E-state index contributed by atoms with van der Waals surface area (Å²) in [6, 6.07) is 1.75. The molecule has 7 nitrogen and oxygen atoms in total. The number of halogens is 1. The number of aromatic amines is 1. The highest BCUT2D eigenvalue weighted by atomic mass is 35.5. The van der Waals surface area contributed by atoms with Gasteiger partial charge in [-0.2, -0.15) is 0 Å². The molecule has 1 atom stereocenters. The predicted octanol–water partition coefficient (Wildman–Crippen LogP) is 5.25. The first-order chi connectivity index (χ1) is 19.9. The van der Waals surface area contributed by atoms with Gasteiger partial charge in [0.2, 0.25) is 0 Å². The zero-order valence-corrected chi connectivity index (χ0v) is 23.3. The zero-order chi connectivity index (χ0) is 31.4. The molecule has 204 valence electrons. The van der Waals surface area contributed by atoms with E-state index in [1.165, 1.54) is 9.80 Å². The van der Waals surface area contributed by atoms with Crippen LogP contribution in [0.2, 0.25) is 5.02 Å². The number of nitrogens with zero attached hydrogens (tertiary/aromatic N) is 2. The number of carbonyl (C=O) groups is 1. The molecule has 2 fully saturated rings. The van der Waals surface area contributed by atoms with Crippen LogP contribution in [-0.4, -0.2) is 53.0 Å². The molecule has 6 rings (SSSR count). The van der Waals surface area contributed by atoms with E-state index in [1.807, 2.05) is 13.0 Å². The molecule has 0 saturated heterocycles. The second-order valence-corrected chi connectivity index (χ2v) is 12.1. The predicted molar refractivity (Wildman–Crippen MR) is 147 cm³/mol. The quantitative estimate of drug-likeness (QED) is 0.569. The average molecular weight is 545 g/mol. The first-order valence-corrected chi connectivity index (χ1v) is 13.8. The van der Waals surface area contributed by atoms with E-state index in [1.54, 1.807) is 27.8 Å². The molecule has 0 bridgehead atoms. The van der Waals surface area contributed by atoms with Crippen LogP contribution in [0, 0.1) is 26.7 Å². The van der Waals surface area contributed by atoms with Crippen LogP contribution in [0.25, 0.3) is 0 Å². The molecule has 0 radical (unpaired) electrons. The number of hydrogen-bond acceptors (Lipinski definition) is 5. The van der Waals surface area contributed by atoms with E-state index in [2.05, 4.69) is 4.98 Å². The van der Waals surface area contributed by atoms with Gasteiger partial charge in [0.25, 0.3) is 17.3 Å². The van der Waals surface area contributed by atoms with Crippen molar-refractivity contribution in [1.82, 2.24) is 14.8 Å². The number of rotatable bonds is 4. The fraction of sp³-hybridized carbons (Fsp3) is 0.600. The van der Waals surface area contributed by atoms with Gasteiger partial charge in [-0.05, 0) is 90.5 Å². The van der Waals surface area contributed by atoms with E-state index in [0.717, 1.165) is 0 Å². The minimum Gasteiger partial charge on any atom is -0.448 e. The molecular formula is C30H38ClN3O4. The fourth-order valence-electron chi connectivity index (χ4n) is 6.64. The highest BCUT2D eigenvalue weighted by Crippen LogP contribution is 2.61. The highest BCUT2D eigenvalue weighted by Gasteiger charge is 2.56. The summed E-state index contributed by atoms with van der Waals surface area (Å²) in [6.45, 7) is 2.78. The number of H-pyrrole nitrogens is 1. The van der Waals surface area contributed by atoms with Crippen molar-refractivity contribution < 1.29 is 21.1 Å². The Labute approximate surface area is 236 Å². The number of amides is 1. The van der Waals surface area contributed by atoms with Crippen molar-refractivity contribution in [1.29, 1.82) is 0 Å². The average Bonchev–Trinajstić information content (AvgIpc) is 3.64. The van der Waals surface area contributed by atoms with Crippen LogP contribution in [0.15, 0.2) is 10.9 Å². The Kier molecular flexibility index (Phi) is 4.70. The Morgan fingerprint density at radius 3 is 2.50 bits per heavy atom. The number of ether oxygens (including phenoxy) is 2. The first kappa shape index (κ1) is 20.4. The van der Waals surface area contributed by atoms with Gasteiger partial charge in [0, 0.05) is 51.7 Å². The molecule has 2 aliphatic heterocycles.